The van der Waals surface area contributed by atoms with Crippen LogP contribution in [0.25, 0.3) is 15.9 Å². The standard InChI is InChI=1S/C17H23N5S/c1-3-4-5-8-18-17-21-16-14(15-19-10-20-22(15)17)12-9-11(2)6-7-13(12)23-16/h10-11H,3-9H2,1-2H3,(H,18,21). The van der Waals surface area contributed by atoms with E-state index in [0.29, 0.717) is 0 Å². The van der Waals surface area contributed by atoms with Crippen LogP contribution >= 0.6 is 11.3 Å². The third-order valence-corrected chi connectivity index (χ3v) is 5.92. The molecule has 0 aliphatic heterocycles. The Morgan fingerprint density at radius 3 is 3.17 bits per heavy atom. The fourth-order valence-corrected chi connectivity index (χ4v) is 4.66. The second-order valence-electron chi connectivity index (χ2n) is 6.60. The van der Waals surface area contributed by atoms with E-state index in [2.05, 4.69) is 29.2 Å². The summed E-state index contributed by atoms with van der Waals surface area (Å²) in [6, 6.07) is 0. The minimum atomic E-state index is 0.745. The average Bonchev–Trinajstić information content (AvgIpc) is 3.15. The molecule has 0 spiro atoms. The average molecular weight is 329 g/mol. The zero-order valence-electron chi connectivity index (χ0n) is 13.8. The van der Waals surface area contributed by atoms with Crippen LogP contribution in [0.2, 0.25) is 0 Å². The van der Waals surface area contributed by atoms with Crippen molar-refractivity contribution in [1.29, 1.82) is 0 Å². The number of hydrogen-bond donors (Lipinski definition) is 1. The van der Waals surface area contributed by atoms with Crippen molar-refractivity contribution in [3.05, 3.63) is 16.8 Å². The molecule has 3 aromatic rings. The predicted octanol–water partition coefficient (Wildman–Crippen LogP) is 4.07. The Bertz CT molecular complexity index is 834. The van der Waals surface area contributed by atoms with Crippen LogP contribution in [0.1, 0.15) is 50.0 Å². The number of thiophene rings is 1. The van der Waals surface area contributed by atoms with Gasteiger partial charge in [-0.2, -0.15) is 9.61 Å². The largest absolute Gasteiger partial charge is 0.354 e. The van der Waals surface area contributed by atoms with Gasteiger partial charge in [0.1, 0.15) is 11.2 Å². The molecule has 3 heterocycles. The van der Waals surface area contributed by atoms with Gasteiger partial charge in [-0.05, 0) is 37.2 Å². The zero-order chi connectivity index (χ0) is 15.8. The molecule has 0 radical (unpaired) electrons. The number of aryl methyl sites for hydroxylation is 1. The molecule has 1 aliphatic rings. The molecule has 0 saturated heterocycles. The molecule has 0 amide bonds. The fraction of sp³-hybridized carbons (Fsp3) is 0.588. The maximum atomic E-state index is 4.87. The number of fused-ring (bicyclic) bond motifs is 5. The Labute approximate surface area is 140 Å². The molecule has 23 heavy (non-hydrogen) atoms. The summed E-state index contributed by atoms with van der Waals surface area (Å²) < 4.78 is 1.88. The molecule has 6 heteroatoms. The Kier molecular flexibility index (Phi) is 3.93. The highest BCUT2D eigenvalue weighted by molar-refractivity contribution is 7.19. The molecule has 1 atom stereocenters. The monoisotopic (exact) mass is 329 g/mol. The van der Waals surface area contributed by atoms with Gasteiger partial charge in [-0.25, -0.2) is 9.97 Å². The lowest BCUT2D eigenvalue weighted by Crippen LogP contribution is -2.10. The van der Waals surface area contributed by atoms with Crippen LogP contribution in [0.15, 0.2) is 6.33 Å². The van der Waals surface area contributed by atoms with Crippen molar-refractivity contribution >= 4 is 33.1 Å². The van der Waals surface area contributed by atoms with Gasteiger partial charge >= 0.3 is 0 Å². The first-order valence-electron chi connectivity index (χ1n) is 8.65. The first-order chi connectivity index (χ1) is 11.3. The molecule has 3 aromatic heterocycles. The molecular weight excluding hydrogens is 306 g/mol. The lowest BCUT2D eigenvalue weighted by atomic mass is 9.89. The van der Waals surface area contributed by atoms with Crippen LogP contribution in [-0.2, 0) is 12.8 Å². The SMILES string of the molecule is CCCCCNc1nc2sc3c(c2c2ncnn12)CC(C)CC3. The predicted molar refractivity (Wildman–Crippen MR) is 95.4 cm³/mol. The van der Waals surface area contributed by atoms with Gasteiger partial charge in [-0.1, -0.05) is 26.7 Å². The summed E-state index contributed by atoms with van der Waals surface area (Å²) in [7, 11) is 0. The molecule has 1 unspecified atom stereocenters. The minimum absolute atomic E-state index is 0.745. The molecule has 0 bridgehead atoms. The fourth-order valence-electron chi connectivity index (χ4n) is 3.45. The lowest BCUT2D eigenvalue weighted by Gasteiger charge is -2.17. The van der Waals surface area contributed by atoms with E-state index in [1.165, 1.54) is 41.5 Å². The van der Waals surface area contributed by atoms with Gasteiger partial charge < -0.3 is 5.32 Å². The smallest absolute Gasteiger partial charge is 0.227 e. The Hall–Kier alpha value is -1.69. The number of nitrogens with one attached hydrogen (secondary N) is 1. The summed E-state index contributed by atoms with van der Waals surface area (Å²) in [6.45, 7) is 5.49. The lowest BCUT2D eigenvalue weighted by molar-refractivity contribution is 0.508. The number of unbranched alkanes of at least 4 members (excludes halogenated alkanes) is 2. The number of rotatable bonds is 5. The molecule has 0 fully saturated rings. The summed E-state index contributed by atoms with van der Waals surface area (Å²) in [4.78, 5) is 12.0. The van der Waals surface area contributed by atoms with Gasteiger partial charge in [0, 0.05) is 11.4 Å². The van der Waals surface area contributed by atoms with Crippen LogP contribution in [-0.4, -0.2) is 26.1 Å². The quantitative estimate of drug-likeness (QED) is 0.717. The Morgan fingerprint density at radius 1 is 1.39 bits per heavy atom. The number of nitrogens with zero attached hydrogens (tertiary/aromatic N) is 4. The Morgan fingerprint density at radius 2 is 2.30 bits per heavy atom. The van der Waals surface area contributed by atoms with Gasteiger partial charge in [-0.3, -0.25) is 0 Å². The summed E-state index contributed by atoms with van der Waals surface area (Å²) in [5, 5.41) is 9.08. The van der Waals surface area contributed by atoms with Crippen LogP contribution in [0.4, 0.5) is 5.95 Å². The zero-order valence-corrected chi connectivity index (χ0v) is 14.6. The van der Waals surface area contributed by atoms with Crippen LogP contribution in [0, 0.1) is 5.92 Å². The molecular formula is C17H23N5S. The molecule has 0 saturated carbocycles. The summed E-state index contributed by atoms with van der Waals surface area (Å²) in [5.74, 6) is 1.57. The van der Waals surface area contributed by atoms with Gasteiger partial charge in [-0.15, -0.1) is 11.3 Å². The van der Waals surface area contributed by atoms with Crippen molar-refractivity contribution in [3.63, 3.8) is 0 Å². The van der Waals surface area contributed by atoms with Crippen molar-refractivity contribution < 1.29 is 0 Å². The highest BCUT2D eigenvalue weighted by atomic mass is 32.1. The molecule has 1 N–H and O–H groups in total. The third kappa shape index (κ3) is 2.59. The number of aromatic nitrogens is 4. The van der Waals surface area contributed by atoms with E-state index in [9.17, 15) is 0 Å². The summed E-state index contributed by atoms with van der Waals surface area (Å²) >= 11 is 1.85. The topological polar surface area (TPSA) is 55.1 Å². The van der Waals surface area contributed by atoms with E-state index in [4.69, 9.17) is 4.98 Å². The number of anilines is 1. The highest BCUT2D eigenvalue weighted by Gasteiger charge is 2.24. The van der Waals surface area contributed by atoms with E-state index in [1.54, 1.807) is 6.33 Å². The van der Waals surface area contributed by atoms with E-state index in [-0.39, 0.29) is 0 Å². The van der Waals surface area contributed by atoms with E-state index < -0.39 is 0 Å². The number of hydrogen-bond acceptors (Lipinski definition) is 5. The summed E-state index contributed by atoms with van der Waals surface area (Å²) in [6.07, 6.45) is 8.86. The summed E-state index contributed by atoms with van der Waals surface area (Å²) in [5.41, 5.74) is 2.42. The molecule has 4 rings (SSSR count). The first-order valence-corrected chi connectivity index (χ1v) is 9.47. The van der Waals surface area contributed by atoms with Crippen LogP contribution in [0.5, 0.6) is 0 Å². The van der Waals surface area contributed by atoms with Crippen molar-refractivity contribution in [2.24, 2.45) is 5.92 Å². The van der Waals surface area contributed by atoms with Gasteiger partial charge in [0.25, 0.3) is 0 Å². The highest BCUT2D eigenvalue weighted by Crippen LogP contribution is 2.39. The van der Waals surface area contributed by atoms with E-state index in [1.807, 2.05) is 15.9 Å². The van der Waals surface area contributed by atoms with Crippen LogP contribution in [0.3, 0.4) is 0 Å². The van der Waals surface area contributed by atoms with Crippen molar-refractivity contribution in [2.45, 2.75) is 52.4 Å². The van der Waals surface area contributed by atoms with E-state index in [0.717, 1.165) is 41.7 Å². The maximum Gasteiger partial charge on any atom is 0.227 e. The second-order valence-corrected chi connectivity index (χ2v) is 7.68. The Balaban J connectivity index is 1.78. The van der Waals surface area contributed by atoms with Crippen molar-refractivity contribution in [1.82, 2.24) is 19.6 Å². The van der Waals surface area contributed by atoms with Gasteiger partial charge in [0.05, 0.1) is 5.39 Å². The minimum Gasteiger partial charge on any atom is -0.354 e. The first kappa shape index (κ1) is 14.9. The second kappa shape index (κ2) is 6.07. The third-order valence-electron chi connectivity index (χ3n) is 4.73. The molecule has 5 nitrogen and oxygen atoms in total. The van der Waals surface area contributed by atoms with Gasteiger partial charge in [0.2, 0.25) is 5.95 Å². The van der Waals surface area contributed by atoms with E-state index >= 15 is 0 Å². The molecule has 0 aromatic carbocycles. The van der Waals surface area contributed by atoms with Gasteiger partial charge in [0.15, 0.2) is 5.65 Å². The van der Waals surface area contributed by atoms with Crippen molar-refractivity contribution in [3.8, 4) is 0 Å². The van der Waals surface area contributed by atoms with Crippen LogP contribution < -0.4 is 5.32 Å². The molecule has 122 valence electrons. The normalized spacial score (nSPS) is 17.7. The molecule has 1 aliphatic carbocycles. The maximum absolute atomic E-state index is 4.87. The van der Waals surface area contributed by atoms with Crippen molar-refractivity contribution in [2.75, 3.05) is 11.9 Å².